The molecule has 2 N–H and O–H groups in total. The van der Waals surface area contributed by atoms with Crippen molar-refractivity contribution in [2.75, 3.05) is 13.7 Å². The van der Waals surface area contributed by atoms with Crippen molar-refractivity contribution >= 4 is 5.91 Å². The highest BCUT2D eigenvalue weighted by atomic mass is 16.5. The number of hydrogen-bond donors (Lipinski definition) is 2. The zero-order valence-corrected chi connectivity index (χ0v) is 16.9. The van der Waals surface area contributed by atoms with Crippen molar-refractivity contribution in [3.63, 3.8) is 0 Å². The second kappa shape index (κ2) is 8.94. The maximum absolute atomic E-state index is 12.4. The summed E-state index contributed by atoms with van der Waals surface area (Å²) in [6, 6.07) is 10.8. The fourth-order valence-corrected chi connectivity index (χ4v) is 3.87. The number of nitrogens with zero attached hydrogens (tertiary/aromatic N) is 3. The normalized spacial score (nSPS) is 14.0. The van der Waals surface area contributed by atoms with Crippen LogP contribution in [-0.2, 0) is 6.54 Å². The number of aromatic nitrogens is 4. The lowest BCUT2D eigenvalue weighted by Gasteiger charge is -2.10. The molecular weight excluding hydrogens is 382 g/mol. The third-order valence-corrected chi connectivity index (χ3v) is 5.52. The molecule has 0 atom stereocenters. The maximum Gasteiger partial charge on any atom is 0.269 e. The Morgan fingerprint density at radius 1 is 1.27 bits per heavy atom. The number of rotatable bonds is 7. The van der Waals surface area contributed by atoms with Gasteiger partial charge in [0.2, 0.25) is 0 Å². The Kier molecular flexibility index (Phi) is 5.92. The Bertz CT molecular complexity index is 1080. The highest BCUT2D eigenvalue weighted by molar-refractivity contribution is 5.93. The number of carbonyl (C=O) groups excluding carboxylic acids is 1. The Labute approximate surface area is 174 Å². The molecule has 8 heteroatoms. The molecule has 1 amide bonds. The maximum atomic E-state index is 12.4. The third kappa shape index (κ3) is 4.27. The van der Waals surface area contributed by atoms with Crippen LogP contribution in [0.5, 0.6) is 5.75 Å². The molecule has 1 aliphatic carbocycles. The van der Waals surface area contributed by atoms with Crippen molar-refractivity contribution in [2.24, 2.45) is 0 Å². The van der Waals surface area contributed by atoms with Crippen LogP contribution in [-0.4, -0.2) is 39.3 Å². The van der Waals surface area contributed by atoms with E-state index < -0.39 is 0 Å². The zero-order chi connectivity index (χ0) is 20.9. The first-order valence-electron chi connectivity index (χ1n) is 10.2. The van der Waals surface area contributed by atoms with Gasteiger partial charge in [0.25, 0.3) is 11.5 Å². The molecule has 30 heavy (non-hydrogen) atoms. The molecule has 8 nitrogen and oxygen atoms in total. The smallest absolute Gasteiger partial charge is 0.269 e. The fourth-order valence-electron chi connectivity index (χ4n) is 3.87. The highest BCUT2D eigenvalue weighted by Gasteiger charge is 2.19. The molecule has 2 heterocycles. The van der Waals surface area contributed by atoms with Gasteiger partial charge < -0.3 is 10.1 Å². The monoisotopic (exact) mass is 407 g/mol. The Morgan fingerprint density at radius 3 is 2.83 bits per heavy atom. The number of aromatic amines is 1. The van der Waals surface area contributed by atoms with E-state index in [-0.39, 0.29) is 11.5 Å². The molecule has 0 aliphatic heterocycles. The van der Waals surface area contributed by atoms with E-state index in [0.29, 0.717) is 36.1 Å². The topological polar surface area (TPSA) is 102 Å². The van der Waals surface area contributed by atoms with Crippen LogP contribution in [0.2, 0.25) is 0 Å². The first kappa shape index (κ1) is 19.9. The number of ether oxygens (including phenoxy) is 1. The largest absolute Gasteiger partial charge is 0.496 e. The SMILES string of the molecule is COc1ccccc1-c1cc(C(=O)NCCn2cnc(C3CCCC3)cc2=O)[nH]n1. The summed E-state index contributed by atoms with van der Waals surface area (Å²) in [4.78, 5) is 29.2. The number of para-hydroxylation sites is 1. The number of hydrogen-bond acceptors (Lipinski definition) is 5. The van der Waals surface area contributed by atoms with E-state index in [1.54, 1.807) is 25.6 Å². The molecule has 4 rings (SSSR count). The van der Waals surface area contributed by atoms with Gasteiger partial charge in [0.05, 0.1) is 24.8 Å². The summed E-state index contributed by atoms with van der Waals surface area (Å²) in [6.45, 7) is 0.669. The molecule has 0 saturated heterocycles. The van der Waals surface area contributed by atoms with Gasteiger partial charge in [-0.05, 0) is 31.0 Å². The van der Waals surface area contributed by atoms with Crippen LogP contribution >= 0.6 is 0 Å². The summed E-state index contributed by atoms with van der Waals surface area (Å²) in [5.74, 6) is 0.806. The molecule has 156 valence electrons. The molecule has 3 aromatic rings. The van der Waals surface area contributed by atoms with Gasteiger partial charge >= 0.3 is 0 Å². The quantitative estimate of drug-likeness (QED) is 0.627. The Hall–Kier alpha value is -3.42. The van der Waals surface area contributed by atoms with E-state index in [9.17, 15) is 9.59 Å². The second-order valence-electron chi connectivity index (χ2n) is 7.45. The lowest BCUT2D eigenvalue weighted by atomic mass is 10.0. The van der Waals surface area contributed by atoms with Crippen molar-refractivity contribution in [3.05, 3.63) is 64.5 Å². The molecular formula is C22H25N5O3. The summed E-state index contributed by atoms with van der Waals surface area (Å²) in [6.07, 6.45) is 6.20. The predicted octanol–water partition coefficient (Wildman–Crippen LogP) is 2.73. The van der Waals surface area contributed by atoms with Gasteiger partial charge in [-0.25, -0.2) is 4.98 Å². The lowest BCUT2D eigenvalue weighted by molar-refractivity contribution is 0.0947. The summed E-state index contributed by atoms with van der Waals surface area (Å²) in [5, 5.41) is 9.78. The van der Waals surface area contributed by atoms with Gasteiger partial charge in [0.15, 0.2) is 0 Å². The molecule has 0 radical (unpaired) electrons. The van der Waals surface area contributed by atoms with Crippen LogP contribution in [0.25, 0.3) is 11.3 Å². The Morgan fingerprint density at radius 2 is 2.07 bits per heavy atom. The number of carbonyl (C=O) groups is 1. The van der Waals surface area contributed by atoms with Gasteiger partial charge in [-0.1, -0.05) is 25.0 Å². The summed E-state index contributed by atoms with van der Waals surface area (Å²) in [7, 11) is 1.59. The van der Waals surface area contributed by atoms with Crippen molar-refractivity contribution < 1.29 is 9.53 Å². The molecule has 0 bridgehead atoms. The van der Waals surface area contributed by atoms with Gasteiger partial charge in [0, 0.05) is 30.6 Å². The van der Waals surface area contributed by atoms with Gasteiger partial charge in [-0.3, -0.25) is 19.3 Å². The third-order valence-electron chi connectivity index (χ3n) is 5.52. The van der Waals surface area contributed by atoms with Gasteiger partial charge in [-0.2, -0.15) is 5.10 Å². The predicted molar refractivity (Wildman–Crippen MR) is 113 cm³/mol. The van der Waals surface area contributed by atoms with E-state index in [2.05, 4.69) is 20.5 Å². The summed E-state index contributed by atoms with van der Waals surface area (Å²) in [5.41, 5.74) is 2.58. The molecule has 2 aromatic heterocycles. The van der Waals surface area contributed by atoms with E-state index in [4.69, 9.17) is 4.74 Å². The summed E-state index contributed by atoms with van der Waals surface area (Å²) >= 11 is 0. The van der Waals surface area contributed by atoms with E-state index in [0.717, 1.165) is 24.1 Å². The average molecular weight is 407 g/mol. The molecule has 1 aromatic carbocycles. The van der Waals surface area contributed by atoms with Gasteiger partial charge in [-0.15, -0.1) is 0 Å². The average Bonchev–Trinajstić information content (AvgIpc) is 3.47. The van der Waals surface area contributed by atoms with Crippen molar-refractivity contribution in [1.82, 2.24) is 25.1 Å². The van der Waals surface area contributed by atoms with Crippen LogP contribution in [0.3, 0.4) is 0 Å². The fraction of sp³-hybridized carbons (Fsp3) is 0.364. The lowest BCUT2D eigenvalue weighted by Crippen LogP contribution is -2.31. The minimum Gasteiger partial charge on any atom is -0.496 e. The molecule has 1 saturated carbocycles. The van der Waals surface area contributed by atoms with E-state index in [1.807, 2.05) is 24.3 Å². The molecule has 1 fully saturated rings. The number of H-pyrrole nitrogens is 1. The van der Waals surface area contributed by atoms with Crippen LogP contribution in [0.4, 0.5) is 0 Å². The minimum atomic E-state index is -0.285. The van der Waals surface area contributed by atoms with Crippen LogP contribution in [0.1, 0.15) is 47.8 Å². The van der Waals surface area contributed by atoms with Crippen molar-refractivity contribution in [3.8, 4) is 17.0 Å². The van der Waals surface area contributed by atoms with Crippen LogP contribution in [0.15, 0.2) is 47.5 Å². The Balaban J connectivity index is 1.35. The van der Waals surface area contributed by atoms with Crippen molar-refractivity contribution in [2.45, 2.75) is 38.1 Å². The number of nitrogens with one attached hydrogen (secondary N) is 2. The highest BCUT2D eigenvalue weighted by Crippen LogP contribution is 2.32. The zero-order valence-electron chi connectivity index (χ0n) is 16.9. The first-order chi connectivity index (χ1) is 14.7. The summed E-state index contributed by atoms with van der Waals surface area (Å²) < 4.78 is 6.86. The first-order valence-corrected chi connectivity index (χ1v) is 10.2. The number of amides is 1. The molecule has 0 unspecified atom stereocenters. The standard InChI is InChI=1S/C22H25N5O3/c1-30-20-9-5-4-8-16(20)18-12-19(26-25-18)22(29)23-10-11-27-14-24-17(13-21(27)28)15-6-2-3-7-15/h4-5,8-9,12-15H,2-3,6-7,10-11H2,1H3,(H,23,29)(H,25,26). The number of benzene rings is 1. The minimum absolute atomic E-state index is 0.0823. The molecule has 1 aliphatic rings. The van der Waals surface area contributed by atoms with Crippen LogP contribution < -0.4 is 15.6 Å². The number of methoxy groups -OCH3 is 1. The van der Waals surface area contributed by atoms with Crippen molar-refractivity contribution in [1.29, 1.82) is 0 Å². The second-order valence-corrected chi connectivity index (χ2v) is 7.45. The van der Waals surface area contributed by atoms with Crippen LogP contribution in [0, 0.1) is 0 Å². The molecule has 0 spiro atoms. The van der Waals surface area contributed by atoms with E-state index in [1.165, 1.54) is 17.4 Å². The van der Waals surface area contributed by atoms with E-state index >= 15 is 0 Å². The van der Waals surface area contributed by atoms with Gasteiger partial charge in [0.1, 0.15) is 11.4 Å².